The monoisotopic (exact) mass is 457 g/mol. The summed E-state index contributed by atoms with van der Waals surface area (Å²) in [6.45, 7) is 4.09. The van der Waals surface area contributed by atoms with Crippen LogP contribution in [0.3, 0.4) is 0 Å². The molecule has 3 aliphatic rings. The standard InChI is InChI=1S/C24H27NO8/c1-9-16-15(19(28)14-11(23(16,3)32)7-6-8-12(14)27)22(31)24(33)17(9)18(25(4)5)20(29)13(10(2)26)21(24)30/h6-9,16-18,27-29,32-33H,1-5H3/t9-,16-,17-,18-,23+,24+/m0/s1. The van der Waals surface area contributed by atoms with Gasteiger partial charge in [-0.15, -0.1) is 0 Å². The molecular formula is C24H27NO8. The summed E-state index contributed by atoms with van der Waals surface area (Å²) < 4.78 is 0. The second kappa shape index (κ2) is 6.99. The average molecular weight is 457 g/mol. The predicted molar refractivity (Wildman–Crippen MR) is 116 cm³/mol. The molecule has 9 heteroatoms. The van der Waals surface area contributed by atoms with E-state index >= 15 is 0 Å². The molecule has 6 atom stereocenters. The number of benzene rings is 1. The molecule has 3 aliphatic carbocycles. The van der Waals surface area contributed by atoms with E-state index in [0.717, 1.165) is 6.92 Å². The first-order valence-electron chi connectivity index (χ1n) is 10.6. The third-order valence-electron chi connectivity index (χ3n) is 7.52. The van der Waals surface area contributed by atoms with E-state index in [1.807, 2.05) is 0 Å². The summed E-state index contributed by atoms with van der Waals surface area (Å²) in [5.41, 5.74) is -5.57. The van der Waals surface area contributed by atoms with Crippen LogP contribution in [0.4, 0.5) is 0 Å². The van der Waals surface area contributed by atoms with E-state index in [2.05, 4.69) is 0 Å². The molecule has 0 bridgehead atoms. The number of aromatic hydroxyl groups is 1. The first kappa shape index (κ1) is 23.2. The van der Waals surface area contributed by atoms with Gasteiger partial charge in [-0.2, -0.15) is 0 Å². The van der Waals surface area contributed by atoms with Crippen molar-refractivity contribution in [1.29, 1.82) is 0 Å². The van der Waals surface area contributed by atoms with Crippen LogP contribution in [-0.4, -0.2) is 73.5 Å². The largest absolute Gasteiger partial charge is 0.510 e. The minimum absolute atomic E-state index is 0.158. The number of ketones is 3. The molecule has 33 heavy (non-hydrogen) atoms. The molecule has 0 saturated heterocycles. The highest BCUT2D eigenvalue weighted by atomic mass is 16.3. The van der Waals surface area contributed by atoms with E-state index in [4.69, 9.17) is 0 Å². The van der Waals surface area contributed by atoms with E-state index in [0.29, 0.717) is 0 Å². The van der Waals surface area contributed by atoms with Gasteiger partial charge in [-0.3, -0.25) is 19.3 Å². The van der Waals surface area contributed by atoms with Gasteiger partial charge in [-0.25, -0.2) is 0 Å². The summed E-state index contributed by atoms with van der Waals surface area (Å²) in [5.74, 6) is -7.92. The predicted octanol–water partition coefficient (Wildman–Crippen LogP) is 0.979. The number of fused-ring (bicyclic) bond motifs is 3. The summed E-state index contributed by atoms with van der Waals surface area (Å²) in [6, 6.07) is 3.20. The Kier molecular flexibility index (Phi) is 4.91. The van der Waals surface area contributed by atoms with Gasteiger partial charge < -0.3 is 25.5 Å². The van der Waals surface area contributed by atoms with Crippen molar-refractivity contribution in [2.24, 2.45) is 17.8 Å². The van der Waals surface area contributed by atoms with Crippen LogP contribution in [0.1, 0.15) is 31.9 Å². The molecule has 0 aromatic heterocycles. The van der Waals surface area contributed by atoms with E-state index in [-0.39, 0.29) is 16.9 Å². The number of Topliss-reactive ketones (excluding diaryl/α,β-unsaturated/α-hetero) is 3. The zero-order valence-corrected chi connectivity index (χ0v) is 18.9. The fourth-order valence-electron chi connectivity index (χ4n) is 6.21. The maximum Gasteiger partial charge on any atom is 0.209 e. The lowest BCUT2D eigenvalue weighted by atomic mass is 9.50. The van der Waals surface area contributed by atoms with Crippen LogP contribution in [0.5, 0.6) is 5.75 Å². The van der Waals surface area contributed by atoms with Gasteiger partial charge in [0.1, 0.15) is 22.8 Å². The van der Waals surface area contributed by atoms with Crippen LogP contribution in [0.2, 0.25) is 0 Å². The van der Waals surface area contributed by atoms with Crippen molar-refractivity contribution < 1.29 is 39.9 Å². The normalized spacial score (nSPS) is 36.0. The molecule has 1 fully saturated rings. The fraction of sp³-hybridized carbons (Fsp3) is 0.458. The molecule has 1 aromatic carbocycles. The highest BCUT2D eigenvalue weighted by molar-refractivity contribution is 6.33. The topological polar surface area (TPSA) is 156 Å². The quantitative estimate of drug-likeness (QED) is 0.323. The molecule has 1 saturated carbocycles. The SMILES string of the molecule is CC(=O)C1=C(O)[C@@H](N(C)C)[C@@H]2[C@@H](C)[C@H]3C(=C(O)c4c(O)cccc4[C@@]3(C)O)C(=O)[C@]2(O)C1=O. The minimum Gasteiger partial charge on any atom is -0.510 e. The van der Waals surface area contributed by atoms with E-state index < -0.39 is 75.0 Å². The Morgan fingerprint density at radius 3 is 2.21 bits per heavy atom. The molecule has 0 aliphatic heterocycles. The van der Waals surface area contributed by atoms with Crippen LogP contribution in [0.25, 0.3) is 5.76 Å². The number of aliphatic hydroxyl groups excluding tert-OH is 2. The highest BCUT2D eigenvalue weighted by Gasteiger charge is 2.69. The van der Waals surface area contributed by atoms with Gasteiger partial charge in [-0.05, 0) is 45.5 Å². The third kappa shape index (κ3) is 2.67. The lowest BCUT2D eigenvalue weighted by Crippen LogP contribution is -2.70. The summed E-state index contributed by atoms with van der Waals surface area (Å²) >= 11 is 0. The Morgan fingerprint density at radius 1 is 1.06 bits per heavy atom. The molecule has 4 rings (SSSR count). The Hall–Kier alpha value is -3.01. The lowest BCUT2D eigenvalue weighted by Gasteiger charge is -2.56. The number of phenols is 1. The molecule has 176 valence electrons. The van der Waals surface area contributed by atoms with Crippen molar-refractivity contribution in [3.05, 3.63) is 46.2 Å². The number of hydrogen-bond donors (Lipinski definition) is 5. The second-order valence-corrected chi connectivity index (χ2v) is 9.62. The molecule has 5 N–H and O–H groups in total. The Labute approximate surface area is 190 Å². The first-order valence-corrected chi connectivity index (χ1v) is 10.6. The number of aliphatic hydroxyl groups is 4. The molecule has 9 nitrogen and oxygen atoms in total. The maximum absolute atomic E-state index is 13.8. The van der Waals surface area contributed by atoms with Crippen LogP contribution in [-0.2, 0) is 20.0 Å². The average Bonchev–Trinajstić information content (AvgIpc) is 2.70. The molecule has 0 spiro atoms. The Bertz CT molecular complexity index is 1180. The minimum atomic E-state index is -2.76. The van der Waals surface area contributed by atoms with Crippen molar-refractivity contribution in [2.45, 2.75) is 38.0 Å². The summed E-state index contributed by atoms with van der Waals surface area (Å²) in [4.78, 5) is 40.9. The van der Waals surface area contributed by atoms with Crippen LogP contribution >= 0.6 is 0 Å². The number of rotatable bonds is 2. The number of hydrogen-bond acceptors (Lipinski definition) is 9. The number of nitrogens with zero attached hydrogens (tertiary/aromatic N) is 1. The summed E-state index contributed by atoms with van der Waals surface area (Å²) in [7, 11) is 3.14. The van der Waals surface area contributed by atoms with Crippen LogP contribution in [0, 0.1) is 17.8 Å². The van der Waals surface area contributed by atoms with Gasteiger partial charge in [0.15, 0.2) is 11.4 Å². The molecular weight excluding hydrogens is 430 g/mol. The van der Waals surface area contributed by atoms with Crippen LogP contribution < -0.4 is 0 Å². The Balaban J connectivity index is 2.09. The molecule has 0 amide bonds. The number of carbonyl (C=O) groups is 3. The van der Waals surface area contributed by atoms with Crippen molar-refractivity contribution in [2.75, 3.05) is 14.1 Å². The number of likely N-dealkylation sites (N-methyl/N-ethyl adjacent to an activating group) is 1. The van der Waals surface area contributed by atoms with Gasteiger partial charge in [-0.1, -0.05) is 19.1 Å². The highest BCUT2D eigenvalue weighted by Crippen LogP contribution is 2.59. The summed E-state index contributed by atoms with van der Waals surface area (Å²) in [5, 5.41) is 55.6. The van der Waals surface area contributed by atoms with E-state index in [1.54, 1.807) is 21.0 Å². The zero-order valence-electron chi connectivity index (χ0n) is 18.9. The molecule has 0 heterocycles. The van der Waals surface area contributed by atoms with Gasteiger partial charge in [0.2, 0.25) is 11.6 Å². The molecule has 0 radical (unpaired) electrons. The van der Waals surface area contributed by atoms with Crippen molar-refractivity contribution in [3.8, 4) is 5.75 Å². The first-order chi connectivity index (χ1) is 15.2. The summed E-state index contributed by atoms with van der Waals surface area (Å²) in [6.07, 6.45) is 0. The smallest absolute Gasteiger partial charge is 0.209 e. The second-order valence-electron chi connectivity index (χ2n) is 9.62. The van der Waals surface area contributed by atoms with Crippen molar-refractivity contribution >= 4 is 23.1 Å². The van der Waals surface area contributed by atoms with Crippen molar-refractivity contribution in [1.82, 2.24) is 4.90 Å². The Morgan fingerprint density at radius 2 is 1.67 bits per heavy atom. The van der Waals surface area contributed by atoms with Crippen LogP contribution in [0.15, 0.2) is 35.1 Å². The number of carbonyl (C=O) groups excluding carboxylic acids is 3. The van der Waals surface area contributed by atoms with E-state index in [1.165, 1.54) is 30.0 Å². The fourth-order valence-corrected chi connectivity index (χ4v) is 6.21. The van der Waals surface area contributed by atoms with E-state index in [9.17, 15) is 39.9 Å². The molecule has 1 aromatic rings. The third-order valence-corrected chi connectivity index (χ3v) is 7.52. The maximum atomic E-state index is 13.8. The van der Waals surface area contributed by atoms with Gasteiger partial charge in [0, 0.05) is 17.4 Å². The number of phenolic OH excluding ortho intramolecular Hbond substituents is 1. The van der Waals surface area contributed by atoms with Gasteiger partial charge in [0.05, 0.1) is 17.2 Å². The van der Waals surface area contributed by atoms with Gasteiger partial charge >= 0.3 is 0 Å². The van der Waals surface area contributed by atoms with Crippen molar-refractivity contribution in [3.63, 3.8) is 0 Å². The molecule has 0 unspecified atom stereocenters. The zero-order chi connectivity index (χ0) is 24.8. The lowest BCUT2D eigenvalue weighted by molar-refractivity contribution is -0.173. The van der Waals surface area contributed by atoms with Gasteiger partial charge in [0.25, 0.3) is 0 Å².